The van der Waals surface area contributed by atoms with Crippen LogP contribution in [-0.2, 0) is 0 Å². The number of nitrogens with zero attached hydrogens (tertiary/aromatic N) is 3. The highest BCUT2D eigenvalue weighted by Gasteiger charge is 2.27. The van der Waals surface area contributed by atoms with Crippen molar-refractivity contribution in [3.05, 3.63) is 62.5 Å². The molecular formula is C24H19N5O6S. The van der Waals surface area contributed by atoms with Gasteiger partial charge < -0.3 is 25.7 Å². The number of methoxy groups -OCH3 is 3. The van der Waals surface area contributed by atoms with E-state index in [1.807, 2.05) is 0 Å². The van der Waals surface area contributed by atoms with E-state index >= 15 is 0 Å². The first kappa shape index (κ1) is 24.2. The smallest absolute Gasteiger partial charge is 0.270 e. The molecule has 11 nitrogen and oxygen atoms in total. The number of carbonyl (C=O) groups excluding carboxylic acids is 1. The Bertz CT molecular complexity index is 1570. The minimum atomic E-state index is -0.588. The number of nitro benzene ring substituents is 1. The second kappa shape index (κ2) is 9.40. The Hall–Kier alpha value is -4.89. The van der Waals surface area contributed by atoms with Gasteiger partial charge in [-0.25, -0.2) is 4.98 Å². The van der Waals surface area contributed by atoms with Crippen LogP contribution in [0.1, 0.15) is 20.8 Å². The Morgan fingerprint density at radius 3 is 2.33 bits per heavy atom. The molecule has 0 saturated carbocycles. The SMILES string of the molecule is COc1cc(-c2c(C#N)c(N)nc3sc(C(=O)c4cccc([N+](=O)[O-])c4)c(N)c23)cc(OC)c1OC. The van der Waals surface area contributed by atoms with E-state index in [2.05, 4.69) is 11.1 Å². The van der Waals surface area contributed by atoms with E-state index in [9.17, 15) is 20.2 Å². The molecule has 12 heteroatoms. The van der Waals surface area contributed by atoms with E-state index in [1.54, 1.807) is 12.1 Å². The zero-order valence-electron chi connectivity index (χ0n) is 19.3. The van der Waals surface area contributed by atoms with Crippen molar-refractivity contribution in [1.82, 2.24) is 4.98 Å². The summed E-state index contributed by atoms with van der Waals surface area (Å²) in [5.74, 6) is 0.443. The third-order valence-corrected chi connectivity index (χ3v) is 6.59. The minimum absolute atomic E-state index is 0.0515. The van der Waals surface area contributed by atoms with E-state index in [0.717, 1.165) is 11.3 Å². The van der Waals surface area contributed by atoms with Crippen LogP contribution in [0.15, 0.2) is 36.4 Å². The number of nitrogens with two attached hydrogens (primary N) is 2. The number of hydrogen-bond donors (Lipinski definition) is 2. The van der Waals surface area contributed by atoms with Crippen LogP contribution in [0.5, 0.6) is 17.2 Å². The van der Waals surface area contributed by atoms with Gasteiger partial charge in [-0.2, -0.15) is 5.26 Å². The molecule has 0 radical (unpaired) electrons. The van der Waals surface area contributed by atoms with E-state index in [0.29, 0.717) is 38.6 Å². The average molecular weight is 506 g/mol. The summed E-state index contributed by atoms with van der Waals surface area (Å²) in [4.78, 5) is 28.6. The minimum Gasteiger partial charge on any atom is -0.493 e. The molecular weight excluding hydrogens is 486 g/mol. The van der Waals surface area contributed by atoms with Crippen molar-refractivity contribution in [2.24, 2.45) is 0 Å². The predicted molar refractivity (Wildman–Crippen MR) is 135 cm³/mol. The van der Waals surface area contributed by atoms with Crippen molar-refractivity contribution in [2.75, 3.05) is 32.8 Å². The summed E-state index contributed by atoms with van der Waals surface area (Å²) in [5.41, 5.74) is 13.4. The maximum absolute atomic E-state index is 13.3. The lowest BCUT2D eigenvalue weighted by atomic mass is 9.96. The number of benzene rings is 2. The number of hydrogen-bond acceptors (Lipinski definition) is 11. The molecule has 36 heavy (non-hydrogen) atoms. The van der Waals surface area contributed by atoms with E-state index in [-0.39, 0.29) is 33.2 Å². The van der Waals surface area contributed by atoms with Crippen molar-refractivity contribution < 1.29 is 23.9 Å². The van der Waals surface area contributed by atoms with Crippen LogP contribution in [0.4, 0.5) is 17.2 Å². The number of ketones is 1. The van der Waals surface area contributed by atoms with Crippen molar-refractivity contribution >= 4 is 44.5 Å². The fraction of sp³-hybridized carbons (Fsp3) is 0.125. The van der Waals surface area contributed by atoms with Gasteiger partial charge in [0.1, 0.15) is 27.2 Å². The second-order valence-electron chi connectivity index (χ2n) is 7.43. The highest BCUT2D eigenvalue weighted by molar-refractivity contribution is 7.21. The molecule has 0 spiro atoms. The molecule has 4 rings (SSSR count). The molecule has 4 N–H and O–H groups in total. The second-order valence-corrected chi connectivity index (χ2v) is 8.43. The Labute approximate surface area is 208 Å². The lowest BCUT2D eigenvalue weighted by Crippen LogP contribution is -2.03. The van der Waals surface area contributed by atoms with Gasteiger partial charge in [-0.3, -0.25) is 14.9 Å². The summed E-state index contributed by atoms with van der Waals surface area (Å²) in [5, 5.41) is 21.4. The molecule has 0 amide bonds. The lowest BCUT2D eigenvalue weighted by molar-refractivity contribution is -0.384. The van der Waals surface area contributed by atoms with Gasteiger partial charge in [-0.05, 0) is 17.7 Å². The molecule has 182 valence electrons. The number of ether oxygens (including phenoxy) is 3. The molecule has 0 saturated heterocycles. The molecule has 2 aromatic heterocycles. The van der Waals surface area contributed by atoms with Gasteiger partial charge in [-0.15, -0.1) is 11.3 Å². The molecule has 0 unspecified atom stereocenters. The number of nitriles is 1. The molecule has 0 aliphatic carbocycles. The summed E-state index contributed by atoms with van der Waals surface area (Å²) in [7, 11) is 4.38. The summed E-state index contributed by atoms with van der Waals surface area (Å²) < 4.78 is 16.3. The maximum atomic E-state index is 13.3. The van der Waals surface area contributed by atoms with Crippen LogP contribution in [0, 0.1) is 21.4 Å². The molecule has 2 aromatic carbocycles. The fourth-order valence-corrected chi connectivity index (χ4v) is 4.93. The van der Waals surface area contributed by atoms with Gasteiger partial charge in [0, 0.05) is 28.6 Å². The lowest BCUT2D eigenvalue weighted by Gasteiger charge is -2.16. The Morgan fingerprint density at radius 2 is 1.78 bits per heavy atom. The standard InChI is InChI=1S/C24H19N5O6S/c1-33-15-8-12(9-16(34-2)21(15)35-3)17-14(10-25)23(27)28-24-18(17)19(26)22(36-24)20(30)11-5-4-6-13(7-11)29(31)32/h4-9H,26H2,1-3H3,(H2,27,28). The molecule has 0 aliphatic rings. The van der Waals surface area contributed by atoms with Crippen molar-refractivity contribution in [3.8, 4) is 34.4 Å². The molecule has 4 aromatic rings. The van der Waals surface area contributed by atoms with Crippen LogP contribution in [0.3, 0.4) is 0 Å². The zero-order valence-corrected chi connectivity index (χ0v) is 20.1. The number of non-ortho nitro benzene ring substituents is 1. The summed E-state index contributed by atoms with van der Waals surface area (Å²) in [6.45, 7) is 0. The van der Waals surface area contributed by atoms with Crippen molar-refractivity contribution in [1.29, 1.82) is 5.26 Å². The Morgan fingerprint density at radius 1 is 1.11 bits per heavy atom. The monoisotopic (exact) mass is 505 g/mol. The largest absolute Gasteiger partial charge is 0.493 e. The number of nitro groups is 1. The molecule has 0 fully saturated rings. The predicted octanol–water partition coefficient (Wildman–Crippen LogP) is 4.16. The van der Waals surface area contributed by atoms with Gasteiger partial charge in [0.15, 0.2) is 11.5 Å². The van der Waals surface area contributed by atoms with Gasteiger partial charge in [0.2, 0.25) is 11.5 Å². The molecule has 0 aliphatic heterocycles. The first-order chi connectivity index (χ1) is 17.2. The van der Waals surface area contributed by atoms with Crippen LogP contribution < -0.4 is 25.7 Å². The summed E-state index contributed by atoms with van der Waals surface area (Å²) >= 11 is 0.979. The topological polar surface area (TPSA) is 177 Å². The third kappa shape index (κ3) is 3.87. The van der Waals surface area contributed by atoms with Gasteiger partial charge in [-0.1, -0.05) is 12.1 Å². The van der Waals surface area contributed by atoms with Gasteiger partial charge in [0.25, 0.3) is 5.69 Å². The zero-order chi connectivity index (χ0) is 26.1. The normalized spacial score (nSPS) is 10.6. The summed E-state index contributed by atoms with van der Waals surface area (Å²) in [6.07, 6.45) is 0. The number of pyridine rings is 1. The first-order valence-corrected chi connectivity index (χ1v) is 11.1. The van der Waals surface area contributed by atoms with Crippen LogP contribution in [-0.4, -0.2) is 37.0 Å². The number of nitrogen functional groups attached to an aromatic ring is 2. The molecule has 0 atom stereocenters. The Kier molecular flexibility index (Phi) is 6.33. The van der Waals surface area contributed by atoms with Crippen molar-refractivity contribution in [2.45, 2.75) is 0 Å². The van der Waals surface area contributed by atoms with E-state index in [4.69, 9.17) is 25.7 Å². The number of aromatic nitrogens is 1. The highest BCUT2D eigenvalue weighted by Crippen LogP contribution is 2.47. The first-order valence-electron chi connectivity index (χ1n) is 10.3. The number of fused-ring (bicyclic) bond motifs is 1. The van der Waals surface area contributed by atoms with Crippen LogP contribution in [0.25, 0.3) is 21.3 Å². The van der Waals surface area contributed by atoms with Gasteiger partial charge >= 0.3 is 0 Å². The number of anilines is 2. The number of rotatable bonds is 7. The van der Waals surface area contributed by atoms with E-state index < -0.39 is 10.7 Å². The number of carbonyl (C=O) groups is 1. The summed E-state index contributed by atoms with van der Waals surface area (Å²) in [6, 6.07) is 10.7. The Balaban J connectivity index is 2.02. The number of thiophene rings is 1. The molecule has 0 bridgehead atoms. The molecule has 2 heterocycles. The fourth-order valence-electron chi connectivity index (χ4n) is 3.86. The quantitative estimate of drug-likeness (QED) is 0.210. The van der Waals surface area contributed by atoms with Crippen molar-refractivity contribution in [3.63, 3.8) is 0 Å². The highest BCUT2D eigenvalue weighted by atomic mass is 32.1. The third-order valence-electron chi connectivity index (χ3n) is 5.50. The van der Waals surface area contributed by atoms with Crippen LogP contribution in [0.2, 0.25) is 0 Å². The van der Waals surface area contributed by atoms with Gasteiger partial charge in [0.05, 0.1) is 31.9 Å². The van der Waals surface area contributed by atoms with Crippen LogP contribution >= 0.6 is 11.3 Å². The average Bonchev–Trinajstić information content (AvgIpc) is 3.21. The van der Waals surface area contributed by atoms with E-state index in [1.165, 1.54) is 45.6 Å². The maximum Gasteiger partial charge on any atom is 0.270 e.